The second-order valence-corrected chi connectivity index (χ2v) is 7.25. The largest absolute Gasteiger partial charge is 0.338 e. The zero-order valence-electron chi connectivity index (χ0n) is 15.4. The van der Waals surface area contributed by atoms with Gasteiger partial charge in [0.05, 0.1) is 21.4 Å². The van der Waals surface area contributed by atoms with Crippen LogP contribution in [0.2, 0.25) is 10.0 Å². The van der Waals surface area contributed by atoms with E-state index < -0.39 is 0 Å². The SMILES string of the molecule is Cc1nnc(Nc2ccc(C(=O)Nc3c(Cl)cccc3Cl)cc2)c2ccccc12. The Morgan fingerprint density at radius 1 is 0.828 bits per heavy atom. The molecule has 0 aliphatic heterocycles. The summed E-state index contributed by atoms with van der Waals surface area (Å²) in [4.78, 5) is 12.5. The predicted molar refractivity (Wildman–Crippen MR) is 118 cm³/mol. The molecule has 0 spiro atoms. The van der Waals surface area contributed by atoms with Crippen LogP contribution in [0.3, 0.4) is 0 Å². The van der Waals surface area contributed by atoms with Gasteiger partial charge in [-0.3, -0.25) is 4.79 Å². The fraction of sp³-hybridized carbons (Fsp3) is 0.0455. The van der Waals surface area contributed by atoms with E-state index in [-0.39, 0.29) is 5.91 Å². The lowest BCUT2D eigenvalue weighted by atomic mass is 10.1. The van der Waals surface area contributed by atoms with E-state index in [0.717, 1.165) is 22.2 Å². The molecule has 4 rings (SSSR count). The molecule has 0 unspecified atom stereocenters. The van der Waals surface area contributed by atoms with E-state index in [1.165, 1.54) is 0 Å². The predicted octanol–water partition coefficient (Wildman–Crippen LogP) is 6.24. The van der Waals surface area contributed by atoms with Gasteiger partial charge in [0.25, 0.3) is 5.91 Å². The highest BCUT2D eigenvalue weighted by atomic mass is 35.5. The van der Waals surface area contributed by atoms with E-state index in [2.05, 4.69) is 20.8 Å². The zero-order chi connectivity index (χ0) is 20.4. The minimum Gasteiger partial charge on any atom is -0.338 e. The van der Waals surface area contributed by atoms with Crippen molar-refractivity contribution >= 4 is 57.1 Å². The van der Waals surface area contributed by atoms with Crippen LogP contribution in [0.15, 0.2) is 66.7 Å². The number of benzene rings is 3. The molecule has 5 nitrogen and oxygen atoms in total. The summed E-state index contributed by atoms with van der Waals surface area (Å²) >= 11 is 12.2. The molecule has 0 bridgehead atoms. The summed E-state index contributed by atoms with van der Waals surface area (Å²) in [7, 11) is 0. The monoisotopic (exact) mass is 422 g/mol. The lowest BCUT2D eigenvalue weighted by molar-refractivity contribution is 0.102. The maximum Gasteiger partial charge on any atom is 0.255 e. The molecular formula is C22H16Cl2N4O. The van der Waals surface area contributed by atoms with Crippen LogP contribution in [0, 0.1) is 6.92 Å². The summed E-state index contributed by atoms with van der Waals surface area (Å²) in [6, 6.07) is 20.0. The number of hydrogen-bond acceptors (Lipinski definition) is 4. The van der Waals surface area contributed by atoms with Crippen molar-refractivity contribution in [3.63, 3.8) is 0 Å². The third kappa shape index (κ3) is 4.01. The highest BCUT2D eigenvalue weighted by Crippen LogP contribution is 2.30. The average molecular weight is 423 g/mol. The fourth-order valence-corrected chi connectivity index (χ4v) is 3.47. The first-order valence-corrected chi connectivity index (χ1v) is 9.63. The number of anilines is 3. The summed E-state index contributed by atoms with van der Waals surface area (Å²) in [6.07, 6.45) is 0. The van der Waals surface area contributed by atoms with Crippen molar-refractivity contribution in [2.75, 3.05) is 10.6 Å². The van der Waals surface area contributed by atoms with Gasteiger partial charge < -0.3 is 10.6 Å². The van der Waals surface area contributed by atoms with Gasteiger partial charge in [0.1, 0.15) is 0 Å². The number of para-hydroxylation sites is 1. The first-order valence-electron chi connectivity index (χ1n) is 8.87. The molecule has 0 fully saturated rings. The van der Waals surface area contributed by atoms with Crippen molar-refractivity contribution in [3.05, 3.63) is 88.0 Å². The molecule has 144 valence electrons. The maximum atomic E-state index is 12.5. The second-order valence-electron chi connectivity index (χ2n) is 6.43. The van der Waals surface area contributed by atoms with Gasteiger partial charge in [-0.25, -0.2) is 0 Å². The van der Waals surface area contributed by atoms with Gasteiger partial charge in [0.15, 0.2) is 5.82 Å². The number of hydrogen-bond donors (Lipinski definition) is 2. The third-order valence-corrected chi connectivity index (χ3v) is 5.11. The van der Waals surface area contributed by atoms with E-state index >= 15 is 0 Å². The molecule has 0 atom stereocenters. The molecule has 0 saturated carbocycles. The van der Waals surface area contributed by atoms with Crippen LogP contribution in [-0.2, 0) is 0 Å². The van der Waals surface area contributed by atoms with Crippen LogP contribution in [0.25, 0.3) is 10.8 Å². The standard InChI is InChI=1S/C22H16Cl2N4O/c1-13-16-5-2-3-6-17(16)21(28-27-13)25-15-11-9-14(10-12-15)22(29)26-20-18(23)7-4-8-19(20)24/h2-12H,1H3,(H,25,28)(H,26,29). The molecule has 29 heavy (non-hydrogen) atoms. The van der Waals surface area contributed by atoms with E-state index in [9.17, 15) is 4.79 Å². The first-order chi connectivity index (χ1) is 14.0. The molecule has 1 aromatic heterocycles. The van der Waals surface area contributed by atoms with Crippen molar-refractivity contribution in [2.45, 2.75) is 6.92 Å². The first kappa shape index (κ1) is 19.2. The van der Waals surface area contributed by atoms with Crippen molar-refractivity contribution in [3.8, 4) is 0 Å². The number of aryl methyl sites for hydroxylation is 1. The molecule has 0 aliphatic rings. The number of amides is 1. The number of aromatic nitrogens is 2. The van der Waals surface area contributed by atoms with Gasteiger partial charge in [-0.05, 0) is 43.3 Å². The van der Waals surface area contributed by atoms with Gasteiger partial charge in [-0.2, -0.15) is 5.10 Å². The maximum absolute atomic E-state index is 12.5. The molecule has 2 N–H and O–H groups in total. The van der Waals surface area contributed by atoms with Gasteiger partial charge in [-0.1, -0.05) is 53.5 Å². The molecule has 4 aromatic rings. The molecule has 1 amide bonds. The van der Waals surface area contributed by atoms with Gasteiger partial charge in [0.2, 0.25) is 0 Å². The minimum atomic E-state index is -0.299. The Kier molecular flexibility index (Phi) is 5.34. The average Bonchev–Trinajstić information content (AvgIpc) is 2.73. The van der Waals surface area contributed by atoms with Crippen LogP contribution < -0.4 is 10.6 Å². The van der Waals surface area contributed by atoms with Crippen LogP contribution in [0.1, 0.15) is 16.1 Å². The topological polar surface area (TPSA) is 66.9 Å². The van der Waals surface area contributed by atoms with Crippen LogP contribution in [-0.4, -0.2) is 16.1 Å². The highest BCUT2D eigenvalue weighted by molar-refractivity contribution is 6.40. The number of carbonyl (C=O) groups excluding carboxylic acids is 1. The van der Waals surface area contributed by atoms with Gasteiger partial charge >= 0.3 is 0 Å². The number of carbonyl (C=O) groups is 1. The van der Waals surface area contributed by atoms with Gasteiger partial charge in [-0.15, -0.1) is 5.10 Å². The number of nitrogens with zero attached hydrogens (tertiary/aromatic N) is 2. The van der Waals surface area contributed by atoms with Crippen molar-refractivity contribution in [1.82, 2.24) is 10.2 Å². The lowest BCUT2D eigenvalue weighted by Crippen LogP contribution is -2.12. The molecular weight excluding hydrogens is 407 g/mol. The Bertz CT molecular complexity index is 1190. The minimum absolute atomic E-state index is 0.299. The van der Waals surface area contributed by atoms with Crippen molar-refractivity contribution in [1.29, 1.82) is 0 Å². The molecule has 0 radical (unpaired) electrons. The van der Waals surface area contributed by atoms with E-state index in [4.69, 9.17) is 23.2 Å². The molecule has 0 saturated heterocycles. The molecule has 7 heteroatoms. The normalized spacial score (nSPS) is 10.7. The summed E-state index contributed by atoms with van der Waals surface area (Å²) in [5.41, 5.74) is 2.54. The number of rotatable bonds is 4. The number of halogens is 2. The summed E-state index contributed by atoms with van der Waals surface area (Å²) in [5.74, 6) is 0.360. The van der Waals surface area contributed by atoms with Crippen LogP contribution in [0.4, 0.5) is 17.2 Å². The Morgan fingerprint density at radius 2 is 1.48 bits per heavy atom. The van der Waals surface area contributed by atoms with E-state index in [1.54, 1.807) is 42.5 Å². The quantitative estimate of drug-likeness (QED) is 0.408. The van der Waals surface area contributed by atoms with E-state index in [0.29, 0.717) is 27.1 Å². The number of nitrogens with one attached hydrogen (secondary N) is 2. The lowest BCUT2D eigenvalue weighted by Gasteiger charge is -2.11. The van der Waals surface area contributed by atoms with E-state index in [1.807, 2.05) is 31.2 Å². The van der Waals surface area contributed by atoms with Crippen molar-refractivity contribution in [2.24, 2.45) is 0 Å². The third-order valence-electron chi connectivity index (χ3n) is 4.48. The molecule has 1 heterocycles. The Labute approximate surface area is 177 Å². The summed E-state index contributed by atoms with van der Waals surface area (Å²) in [5, 5.41) is 17.3. The highest BCUT2D eigenvalue weighted by Gasteiger charge is 2.12. The van der Waals surface area contributed by atoms with Gasteiger partial charge in [0, 0.05) is 22.0 Å². The molecule has 3 aromatic carbocycles. The Morgan fingerprint density at radius 3 is 2.17 bits per heavy atom. The smallest absolute Gasteiger partial charge is 0.255 e. The fourth-order valence-electron chi connectivity index (χ4n) is 2.97. The Balaban J connectivity index is 1.54. The Hall–Kier alpha value is -3.15. The van der Waals surface area contributed by atoms with Crippen molar-refractivity contribution < 1.29 is 4.79 Å². The summed E-state index contributed by atoms with van der Waals surface area (Å²) in [6.45, 7) is 1.93. The van der Waals surface area contributed by atoms with Crippen LogP contribution in [0.5, 0.6) is 0 Å². The molecule has 0 aliphatic carbocycles. The number of fused-ring (bicyclic) bond motifs is 1. The second kappa shape index (κ2) is 8.07. The van der Waals surface area contributed by atoms with Crippen LogP contribution >= 0.6 is 23.2 Å². The zero-order valence-corrected chi connectivity index (χ0v) is 16.9. The summed E-state index contributed by atoms with van der Waals surface area (Å²) < 4.78 is 0.